The summed E-state index contributed by atoms with van der Waals surface area (Å²) in [4.78, 5) is 8.69. The number of ether oxygens (including phenoxy) is 2. The fourth-order valence-corrected chi connectivity index (χ4v) is 1.99. The number of hydrogen-bond donors (Lipinski definition) is 1. The molecule has 3 aromatic rings. The first-order valence-corrected chi connectivity index (χ1v) is 5.76. The summed E-state index contributed by atoms with van der Waals surface area (Å²) in [6.07, 6.45) is 0. The molecule has 1 aliphatic heterocycles. The molecule has 92 valence electrons. The molecule has 0 saturated heterocycles. The highest BCUT2D eigenvalue weighted by molar-refractivity contribution is 5.76. The van der Waals surface area contributed by atoms with Crippen molar-refractivity contribution in [2.75, 3.05) is 0 Å². The van der Waals surface area contributed by atoms with Crippen LogP contribution in [0.1, 0.15) is 0 Å². The van der Waals surface area contributed by atoms with Crippen molar-refractivity contribution in [3.63, 3.8) is 0 Å². The van der Waals surface area contributed by atoms with Crippen LogP contribution in [0.4, 0.5) is 0 Å². The van der Waals surface area contributed by atoms with E-state index >= 15 is 0 Å². The van der Waals surface area contributed by atoms with Crippen molar-refractivity contribution < 1.29 is 14.6 Å². The maximum atomic E-state index is 9.74. The molecule has 0 fully saturated rings. The Morgan fingerprint density at radius 1 is 0.789 bits per heavy atom. The van der Waals surface area contributed by atoms with Gasteiger partial charge in [-0.2, -0.15) is 0 Å². The highest BCUT2D eigenvalue weighted by Gasteiger charge is 2.24. The van der Waals surface area contributed by atoms with Crippen LogP contribution in [-0.4, -0.2) is 15.1 Å². The topological polar surface area (TPSA) is 64.5 Å². The van der Waals surface area contributed by atoms with Gasteiger partial charge in [0.15, 0.2) is 11.5 Å². The SMILES string of the molecule is Oc1cccc2c1Oc1nc3ccccc3nc1O2. The second kappa shape index (κ2) is 3.58. The van der Waals surface area contributed by atoms with E-state index in [9.17, 15) is 5.11 Å². The molecule has 0 amide bonds. The lowest BCUT2D eigenvalue weighted by Crippen LogP contribution is -2.03. The molecule has 0 radical (unpaired) electrons. The number of fused-ring (bicyclic) bond motifs is 3. The Morgan fingerprint density at radius 3 is 2.21 bits per heavy atom. The number of phenols is 1. The van der Waals surface area contributed by atoms with Gasteiger partial charge in [0.2, 0.25) is 5.75 Å². The minimum atomic E-state index is 0.0121. The Balaban J connectivity index is 1.93. The first-order chi connectivity index (χ1) is 9.31. The molecule has 1 aliphatic rings. The number of aromatic hydroxyl groups is 1. The van der Waals surface area contributed by atoms with E-state index in [-0.39, 0.29) is 17.4 Å². The molecule has 0 atom stereocenters. The molecule has 5 nitrogen and oxygen atoms in total. The van der Waals surface area contributed by atoms with Gasteiger partial charge in [-0.3, -0.25) is 0 Å². The molecule has 1 N–H and O–H groups in total. The van der Waals surface area contributed by atoms with Crippen LogP contribution in [0.25, 0.3) is 11.0 Å². The van der Waals surface area contributed by atoms with Crippen molar-refractivity contribution >= 4 is 11.0 Å². The zero-order valence-corrected chi connectivity index (χ0v) is 9.70. The Kier molecular flexibility index (Phi) is 1.91. The second-order valence-corrected chi connectivity index (χ2v) is 4.13. The molecule has 5 heteroatoms. The van der Waals surface area contributed by atoms with Crippen LogP contribution in [0, 0.1) is 0 Å². The van der Waals surface area contributed by atoms with Crippen molar-refractivity contribution in [2.24, 2.45) is 0 Å². The third kappa shape index (κ3) is 1.48. The maximum Gasteiger partial charge on any atom is 0.284 e. The highest BCUT2D eigenvalue weighted by atomic mass is 16.6. The van der Waals surface area contributed by atoms with Gasteiger partial charge in [-0.05, 0) is 24.3 Å². The van der Waals surface area contributed by atoms with E-state index in [4.69, 9.17) is 9.47 Å². The normalized spacial score (nSPS) is 12.2. The molecule has 0 bridgehead atoms. The van der Waals surface area contributed by atoms with Gasteiger partial charge < -0.3 is 14.6 Å². The van der Waals surface area contributed by atoms with Crippen molar-refractivity contribution in [3.8, 4) is 29.0 Å². The largest absolute Gasteiger partial charge is 0.504 e. The van der Waals surface area contributed by atoms with E-state index in [1.54, 1.807) is 12.1 Å². The van der Waals surface area contributed by atoms with Gasteiger partial charge in [-0.15, -0.1) is 0 Å². The van der Waals surface area contributed by atoms with Gasteiger partial charge in [-0.1, -0.05) is 18.2 Å². The van der Waals surface area contributed by atoms with Crippen molar-refractivity contribution in [3.05, 3.63) is 42.5 Å². The summed E-state index contributed by atoms with van der Waals surface area (Å²) in [5.74, 6) is 1.26. The smallest absolute Gasteiger partial charge is 0.284 e. The predicted molar refractivity (Wildman–Crippen MR) is 67.8 cm³/mol. The van der Waals surface area contributed by atoms with Gasteiger partial charge in [0, 0.05) is 0 Å². The fraction of sp³-hybridized carbons (Fsp3) is 0. The van der Waals surface area contributed by atoms with E-state index in [2.05, 4.69) is 9.97 Å². The molecule has 0 saturated carbocycles. The zero-order valence-electron chi connectivity index (χ0n) is 9.70. The summed E-state index contributed by atoms with van der Waals surface area (Å²) in [7, 11) is 0. The Morgan fingerprint density at radius 2 is 1.47 bits per heavy atom. The molecule has 0 unspecified atom stereocenters. The molecule has 1 aromatic heterocycles. The van der Waals surface area contributed by atoms with E-state index in [1.165, 1.54) is 6.07 Å². The van der Waals surface area contributed by atoms with Gasteiger partial charge >= 0.3 is 0 Å². The number of benzene rings is 2. The average Bonchev–Trinajstić information content (AvgIpc) is 2.44. The molecule has 2 aromatic carbocycles. The maximum absolute atomic E-state index is 9.74. The molecule has 2 heterocycles. The average molecular weight is 252 g/mol. The number of aromatic nitrogens is 2. The van der Waals surface area contributed by atoms with Crippen LogP contribution in [0.3, 0.4) is 0 Å². The quantitative estimate of drug-likeness (QED) is 0.520. The molecule has 0 aliphatic carbocycles. The highest BCUT2D eigenvalue weighted by Crippen LogP contribution is 2.47. The van der Waals surface area contributed by atoms with Gasteiger partial charge in [-0.25, -0.2) is 9.97 Å². The van der Waals surface area contributed by atoms with Gasteiger partial charge in [0.25, 0.3) is 11.8 Å². The lowest BCUT2D eigenvalue weighted by atomic mass is 10.2. The number of phenolic OH excluding ortho intramolecular Hbond substituents is 1. The third-order valence-corrected chi connectivity index (χ3v) is 2.87. The van der Waals surface area contributed by atoms with Crippen LogP contribution in [0.15, 0.2) is 42.5 Å². The summed E-state index contributed by atoms with van der Waals surface area (Å²) in [5, 5.41) is 9.74. The molecular formula is C14H8N2O3. The van der Waals surface area contributed by atoms with Crippen LogP contribution in [0.5, 0.6) is 29.0 Å². The summed E-state index contributed by atoms with van der Waals surface area (Å²) in [6, 6.07) is 12.4. The minimum absolute atomic E-state index is 0.0121. The van der Waals surface area contributed by atoms with Crippen molar-refractivity contribution in [1.29, 1.82) is 0 Å². The molecular weight excluding hydrogens is 244 g/mol. The van der Waals surface area contributed by atoms with E-state index < -0.39 is 0 Å². The first-order valence-electron chi connectivity index (χ1n) is 5.76. The van der Waals surface area contributed by atoms with Crippen LogP contribution < -0.4 is 9.47 Å². The lowest BCUT2D eigenvalue weighted by molar-refractivity contribution is 0.320. The third-order valence-electron chi connectivity index (χ3n) is 2.87. The Bertz CT molecular complexity index is 802. The number of rotatable bonds is 0. The van der Waals surface area contributed by atoms with E-state index in [0.29, 0.717) is 17.1 Å². The summed E-state index contributed by atoms with van der Waals surface area (Å²) >= 11 is 0. The molecule has 19 heavy (non-hydrogen) atoms. The molecule has 0 spiro atoms. The first kappa shape index (κ1) is 10.1. The lowest BCUT2D eigenvalue weighted by Gasteiger charge is -2.19. The number of para-hydroxylation sites is 3. The monoisotopic (exact) mass is 252 g/mol. The van der Waals surface area contributed by atoms with Crippen LogP contribution in [0.2, 0.25) is 0 Å². The minimum Gasteiger partial charge on any atom is -0.504 e. The number of nitrogens with zero attached hydrogens (tertiary/aromatic N) is 2. The molecule has 4 rings (SSSR count). The van der Waals surface area contributed by atoms with Gasteiger partial charge in [0.1, 0.15) is 0 Å². The summed E-state index contributed by atoms with van der Waals surface area (Å²) in [5.41, 5.74) is 1.44. The van der Waals surface area contributed by atoms with Crippen LogP contribution >= 0.6 is 0 Å². The van der Waals surface area contributed by atoms with Crippen molar-refractivity contribution in [1.82, 2.24) is 9.97 Å². The van der Waals surface area contributed by atoms with E-state index in [1.807, 2.05) is 24.3 Å². The predicted octanol–water partition coefficient (Wildman–Crippen LogP) is 3.23. The van der Waals surface area contributed by atoms with Gasteiger partial charge in [0.05, 0.1) is 11.0 Å². The second-order valence-electron chi connectivity index (χ2n) is 4.13. The van der Waals surface area contributed by atoms with Crippen molar-refractivity contribution in [2.45, 2.75) is 0 Å². The van der Waals surface area contributed by atoms with Crippen LogP contribution in [-0.2, 0) is 0 Å². The summed E-state index contributed by atoms with van der Waals surface area (Å²) in [6.45, 7) is 0. The number of hydrogen-bond acceptors (Lipinski definition) is 5. The zero-order chi connectivity index (χ0) is 12.8. The standard InChI is InChI=1S/C14H8N2O3/c17-10-6-3-7-11-12(10)19-14-13(18-11)15-8-4-1-2-5-9(8)16-14/h1-7,17H. The fourth-order valence-electron chi connectivity index (χ4n) is 1.99. The Labute approximate surface area is 108 Å². The Hall–Kier alpha value is -2.82. The van der Waals surface area contributed by atoms with E-state index in [0.717, 1.165) is 5.52 Å². The summed E-state index contributed by atoms with van der Waals surface area (Å²) < 4.78 is 11.2.